The highest BCUT2D eigenvalue weighted by Gasteiger charge is 2.18. The number of amides is 1. The Hall–Kier alpha value is -2.87. The van der Waals surface area contributed by atoms with Gasteiger partial charge in [-0.1, -0.05) is 43.5 Å². The third kappa shape index (κ3) is 6.05. The Balaban J connectivity index is 1.57. The number of carbonyl (C=O) groups excluding carboxylic acids is 2. The van der Waals surface area contributed by atoms with Crippen LogP contribution in [0.25, 0.3) is 0 Å². The van der Waals surface area contributed by atoms with Gasteiger partial charge in [-0.3, -0.25) is 9.52 Å². The van der Waals surface area contributed by atoms with Crippen LogP contribution in [0.2, 0.25) is 0 Å². The van der Waals surface area contributed by atoms with E-state index in [-0.39, 0.29) is 34.7 Å². The van der Waals surface area contributed by atoms with E-state index in [9.17, 15) is 18.0 Å². The van der Waals surface area contributed by atoms with Gasteiger partial charge in [0, 0.05) is 11.7 Å². The monoisotopic (exact) mass is 416 g/mol. The third-order valence-electron chi connectivity index (χ3n) is 4.71. The van der Waals surface area contributed by atoms with E-state index in [1.54, 1.807) is 24.3 Å². The second-order valence-electron chi connectivity index (χ2n) is 6.98. The van der Waals surface area contributed by atoms with Crippen LogP contribution >= 0.6 is 0 Å². The summed E-state index contributed by atoms with van der Waals surface area (Å²) in [5, 5.41) is 2.88. The molecule has 1 aliphatic carbocycles. The molecule has 2 aromatic rings. The van der Waals surface area contributed by atoms with Crippen molar-refractivity contribution in [2.45, 2.75) is 43.0 Å². The van der Waals surface area contributed by atoms with Crippen LogP contribution < -0.4 is 10.0 Å². The van der Waals surface area contributed by atoms with Gasteiger partial charge in [-0.05, 0) is 43.2 Å². The molecule has 1 amide bonds. The number of hydrogen-bond acceptors (Lipinski definition) is 5. The highest BCUT2D eigenvalue weighted by Crippen LogP contribution is 2.18. The molecule has 0 spiro atoms. The van der Waals surface area contributed by atoms with E-state index in [0.717, 1.165) is 25.7 Å². The number of benzene rings is 2. The van der Waals surface area contributed by atoms with E-state index in [4.69, 9.17) is 4.74 Å². The average Bonchev–Trinajstić information content (AvgIpc) is 2.73. The van der Waals surface area contributed by atoms with Crippen molar-refractivity contribution in [1.82, 2.24) is 5.32 Å². The topological polar surface area (TPSA) is 102 Å². The van der Waals surface area contributed by atoms with Crippen molar-refractivity contribution in [2.75, 3.05) is 11.3 Å². The van der Waals surface area contributed by atoms with Crippen LogP contribution in [0.4, 0.5) is 5.69 Å². The Kier molecular flexibility index (Phi) is 6.87. The molecule has 0 unspecified atom stereocenters. The summed E-state index contributed by atoms with van der Waals surface area (Å²) in [6.45, 7) is -0.366. The minimum absolute atomic E-state index is 0.118. The summed E-state index contributed by atoms with van der Waals surface area (Å²) in [7, 11) is -3.76. The second kappa shape index (κ2) is 9.56. The molecule has 0 radical (unpaired) electrons. The van der Waals surface area contributed by atoms with Crippen LogP contribution in [-0.2, 0) is 19.6 Å². The second-order valence-corrected chi connectivity index (χ2v) is 8.66. The fourth-order valence-electron chi connectivity index (χ4n) is 3.25. The molecule has 29 heavy (non-hydrogen) atoms. The zero-order valence-electron chi connectivity index (χ0n) is 16.0. The summed E-state index contributed by atoms with van der Waals surface area (Å²) in [6.07, 6.45) is 5.27. The smallest absolute Gasteiger partial charge is 0.338 e. The number of sulfonamides is 1. The first-order valence-electron chi connectivity index (χ1n) is 9.58. The first-order valence-corrected chi connectivity index (χ1v) is 11.1. The minimum Gasteiger partial charge on any atom is -0.452 e. The van der Waals surface area contributed by atoms with Crippen LogP contribution in [0, 0.1) is 0 Å². The van der Waals surface area contributed by atoms with Gasteiger partial charge < -0.3 is 10.1 Å². The number of ether oxygens (including phenoxy) is 1. The van der Waals surface area contributed by atoms with Crippen LogP contribution in [0.3, 0.4) is 0 Å². The Labute approximate surface area is 170 Å². The summed E-state index contributed by atoms with van der Waals surface area (Å²) in [5.41, 5.74) is 0.388. The SMILES string of the molecule is O=C(COC(=O)c1cccc(NS(=O)(=O)c2ccccc2)c1)NC1CCCCC1. The lowest BCUT2D eigenvalue weighted by atomic mass is 9.95. The molecule has 1 aliphatic rings. The largest absolute Gasteiger partial charge is 0.452 e. The molecule has 7 nitrogen and oxygen atoms in total. The van der Waals surface area contributed by atoms with Gasteiger partial charge in [0.1, 0.15) is 0 Å². The van der Waals surface area contributed by atoms with Gasteiger partial charge in [-0.25, -0.2) is 13.2 Å². The molecule has 1 saturated carbocycles. The van der Waals surface area contributed by atoms with E-state index in [1.807, 2.05) is 0 Å². The number of nitrogens with one attached hydrogen (secondary N) is 2. The van der Waals surface area contributed by atoms with E-state index in [2.05, 4.69) is 10.0 Å². The molecular weight excluding hydrogens is 392 g/mol. The van der Waals surface area contributed by atoms with Crippen molar-refractivity contribution in [1.29, 1.82) is 0 Å². The van der Waals surface area contributed by atoms with E-state index >= 15 is 0 Å². The number of esters is 1. The van der Waals surface area contributed by atoms with Crippen LogP contribution in [0.15, 0.2) is 59.5 Å². The van der Waals surface area contributed by atoms with Crippen molar-refractivity contribution in [3.8, 4) is 0 Å². The lowest BCUT2D eigenvalue weighted by Crippen LogP contribution is -2.38. The first kappa shape index (κ1) is 20.9. The van der Waals surface area contributed by atoms with Crippen LogP contribution in [0.5, 0.6) is 0 Å². The molecule has 0 atom stereocenters. The van der Waals surface area contributed by atoms with Crippen LogP contribution in [0.1, 0.15) is 42.5 Å². The molecule has 0 aromatic heterocycles. The number of hydrogen-bond donors (Lipinski definition) is 2. The van der Waals surface area contributed by atoms with Crippen molar-refractivity contribution in [3.05, 3.63) is 60.2 Å². The predicted octanol–water partition coefficient (Wildman–Crippen LogP) is 3.09. The molecule has 0 saturated heterocycles. The maximum atomic E-state index is 12.4. The van der Waals surface area contributed by atoms with Crippen molar-refractivity contribution >= 4 is 27.6 Å². The van der Waals surface area contributed by atoms with Crippen molar-refractivity contribution in [2.24, 2.45) is 0 Å². The van der Waals surface area contributed by atoms with E-state index in [0.29, 0.717) is 0 Å². The summed E-state index contributed by atoms with van der Waals surface area (Å²) in [4.78, 5) is 24.3. The Bertz CT molecular complexity index is 954. The summed E-state index contributed by atoms with van der Waals surface area (Å²) >= 11 is 0. The molecule has 8 heteroatoms. The van der Waals surface area contributed by atoms with Gasteiger partial charge >= 0.3 is 5.97 Å². The fourth-order valence-corrected chi connectivity index (χ4v) is 4.32. The lowest BCUT2D eigenvalue weighted by Gasteiger charge is -2.22. The average molecular weight is 416 g/mol. The van der Waals surface area contributed by atoms with Gasteiger partial charge in [0.2, 0.25) is 0 Å². The lowest BCUT2D eigenvalue weighted by molar-refractivity contribution is -0.125. The van der Waals surface area contributed by atoms with Gasteiger partial charge in [0.15, 0.2) is 6.61 Å². The van der Waals surface area contributed by atoms with E-state index in [1.165, 1.54) is 36.8 Å². The van der Waals surface area contributed by atoms with Gasteiger partial charge in [-0.2, -0.15) is 0 Å². The molecule has 1 fully saturated rings. The number of rotatable bonds is 7. The zero-order valence-corrected chi connectivity index (χ0v) is 16.8. The Morgan fingerprint density at radius 3 is 2.41 bits per heavy atom. The Morgan fingerprint density at radius 2 is 1.69 bits per heavy atom. The first-order chi connectivity index (χ1) is 13.9. The number of carbonyl (C=O) groups is 2. The highest BCUT2D eigenvalue weighted by molar-refractivity contribution is 7.92. The standard InChI is InChI=1S/C21H24N2O5S/c24-20(22-17-9-3-1-4-10-17)15-28-21(25)16-8-7-11-18(14-16)23-29(26,27)19-12-5-2-6-13-19/h2,5-8,11-14,17,23H,1,3-4,9-10,15H2,(H,22,24). The van der Waals surface area contributed by atoms with Gasteiger partial charge in [0.25, 0.3) is 15.9 Å². The maximum absolute atomic E-state index is 12.4. The maximum Gasteiger partial charge on any atom is 0.338 e. The zero-order chi connectivity index (χ0) is 20.7. The van der Waals surface area contributed by atoms with Gasteiger partial charge in [0.05, 0.1) is 10.5 Å². The molecule has 3 rings (SSSR count). The summed E-state index contributed by atoms with van der Waals surface area (Å²) < 4.78 is 32.3. The van der Waals surface area contributed by atoms with Crippen molar-refractivity contribution in [3.63, 3.8) is 0 Å². The normalized spacial score (nSPS) is 14.8. The van der Waals surface area contributed by atoms with Crippen LogP contribution in [-0.4, -0.2) is 32.9 Å². The molecular formula is C21H24N2O5S. The summed E-state index contributed by atoms with van der Waals surface area (Å²) in [5.74, 6) is -1.02. The molecule has 2 aromatic carbocycles. The van der Waals surface area contributed by atoms with Gasteiger partial charge in [-0.15, -0.1) is 0 Å². The molecule has 0 heterocycles. The molecule has 0 aliphatic heterocycles. The van der Waals surface area contributed by atoms with E-state index < -0.39 is 16.0 Å². The number of anilines is 1. The quantitative estimate of drug-likeness (QED) is 0.676. The molecule has 0 bridgehead atoms. The minimum atomic E-state index is -3.76. The summed E-state index contributed by atoms with van der Waals surface area (Å²) in [6, 6.07) is 14.0. The molecule has 154 valence electrons. The van der Waals surface area contributed by atoms with Crippen molar-refractivity contribution < 1.29 is 22.7 Å². The highest BCUT2D eigenvalue weighted by atomic mass is 32.2. The predicted molar refractivity (Wildman–Crippen MR) is 109 cm³/mol. The fraction of sp³-hybridized carbons (Fsp3) is 0.333. The third-order valence-corrected chi connectivity index (χ3v) is 6.11. The Morgan fingerprint density at radius 1 is 0.966 bits per heavy atom. The molecule has 2 N–H and O–H groups in total.